The number of carboxylic acids is 2. The zero-order chi connectivity index (χ0) is 17.0. The molecule has 7 nitrogen and oxygen atoms in total. The van der Waals surface area contributed by atoms with E-state index in [0.717, 1.165) is 6.07 Å². The number of anilines is 1. The lowest BCUT2D eigenvalue weighted by atomic mass is 10.2. The highest BCUT2D eigenvalue weighted by molar-refractivity contribution is 7.96. The Morgan fingerprint density at radius 3 is 2.52 bits per heavy atom. The average molecular weight is 335 g/mol. The molecule has 0 saturated carbocycles. The van der Waals surface area contributed by atoms with Crippen molar-refractivity contribution in [3.8, 4) is 0 Å². The van der Waals surface area contributed by atoms with Crippen LogP contribution in [0.15, 0.2) is 59.0 Å². The second-order valence-electron chi connectivity index (χ2n) is 4.61. The van der Waals surface area contributed by atoms with E-state index in [1.165, 1.54) is 36.4 Å². The van der Waals surface area contributed by atoms with Gasteiger partial charge in [-0.2, -0.15) is 0 Å². The monoisotopic (exact) mass is 335 g/mol. The molecule has 0 saturated heterocycles. The van der Waals surface area contributed by atoms with E-state index in [0.29, 0.717) is 0 Å². The van der Waals surface area contributed by atoms with Gasteiger partial charge >= 0.3 is 11.9 Å². The van der Waals surface area contributed by atoms with Gasteiger partial charge in [0.2, 0.25) is 0 Å². The number of benzene rings is 1. The second kappa shape index (κ2) is 6.49. The molecule has 1 aromatic carbocycles. The molecule has 1 aromatic rings. The van der Waals surface area contributed by atoms with Crippen molar-refractivity contribution >= 4 is 27.6 Å². The number of nitrogens with one attached hydrogen (secondary N) is 1. The number of carbonyl (C=O) groups is 2. The first-order chi connectivity index (χ1) is 10.8. The largest absolute Gasteiger partial charge is 0.478 e. The molecule has 2 rings (SSSR count). The molecule has 0 bridgehead atoms. The van der Waals surface area contributed by atoms with Crippen molar-refractivity contribution in [2.45, 2.75) is 6.42 Å². The molecule has 0 amide bonds. The third-order valence-electron chi connectivity index (χ3n) is 2.99. The molecule has 0 radical (unpaired) electrons. The molecule has 8 heteroatoms. The summed E-state index contributed by atoms with van der Waals surface area (Å²) in [5.74, 6) is -2.57. The molecule has 0 heterocycles. The van der Waals surface area contributed by atoms with Gasteiger partial charge in [-0.15, -0.1) is 0 Å². The lowest BCUT2D eigenvalue weighted by Gasteiger charge is -2.12. The molecule has 120 valence electrons. The van der Waals surface area contributed by atoms with Crippen LogP contribution in [-0.2, 0) is 14.8 Å². The van der Waals surface area contributed by atoms with Gasteiger partial charge in [-0.25, -0.2) is 18.0 Å². The van der Waals surface area contributed by atoms with Crippen LogP contribution >= 0.6 is 0 Å². The number of allylic oxidation sites excluding steroid dienone is 4. The van der Waals surface area contributed by atoms with Gasteiger partial charge in [-0.1, -0.05) is 24.3 Å². The maximum atomic E-state index is 12.4. The predicted molar refractivity (Wildman–Crippen MR) is 83.5 cm³/mol. The molecule has 0 atom stereocenters. The smallest absolute Gasteiger partial charge is 0.337 e. The van der Waals surface area contributed by atoms with Crippen LogP contribution in [0.2, 0.25) is 0 Å². The van der Waals surface area contributed by atoms with Gasteiger partial charge in [-0.3, -0.25) is 4.72 Å². The highest BCUT2D eigenvalue weighted by Crippen LogP contribution is 2.24. The summed E-state index contributed by atoms with van der Waals surface area (Å²) in [5, 5.41) is 18.1. The van der Waals surface area contributed by atoms with Gasteiger partial charge in [0.25, 0.3) is 10.0 Å². The minimum Gasteiger partial charge on any atom is -0.478 e. The number of aliphatic carboxylic acids is 1. The Kier molecular flexibility index (Phi) is 4.65. The van der Waals surface area contributed by atoms with E-state index in [4.69, 9.17) is 10.2 Å². The van der Waals surface area contributed by atoms with Gasteiger partial charge in [0.1, 0.15) is 0 Å². The summed E-state index contributed by atoms with van der Waals surface area (Å²) in [6, 6.07) is 5.24. The van der Waals surface area contributed by atoms with Crippen LogP contribution in [0.4, 0.5) is 5.69 Å². The number of hydrogen-bond donors (Lipinski definition) is 3. The van der Waals surface area contributed by atoms with Crippen molar-refractivity contribution in [1.82, 2.24) is 0 Å². The maximum Gasteiger partial charge on any atom is 0.337 e. The number of carboxylic acid groups (broad SMARTS) is 2. The Hall–Kier alpha value is -2.87. The zero-order valence-electron chi connectivity index (χ0n) is 11.8. The molecule has 3 N–H and O–H groups in total. The molecule has 0 aliphatic heterocycles. The van der Waals surface area contributed by atoms with E-state index in [9.17, 15) is 18.0 Å². The van der Waals surface area contributed by atoms with E-state index in [2.05, 4.69) is 4.72 Å². The Labute approximate surface area is 132 Å². The third-order valence-corrected chi connectivity index (χ3v) is 4.46. The zero-order valence-corrected chi connectivity index (χ0v) is 12.6. The van der Waals surface area contributed by atoms with Crippen molar-refractivity contribution < 1.29 is 28.2 Å². The highest BCUT2D eigenvalue weighted by Gasteiger charge is 2.26. The summed E-state index contributed by atoms with van der Waals surface area (Å²) in [6.07, 6.45) is 5.84. The normalized spacial score (nSPS) is 14.4. The van der Waals surface area contributed by atoms with Crippen LogP contribution < -0.4 is 4.72 Å². The lowest BCUT2D eigenvalue weighted by molar-refractivity contribution is -0.132. The molecule has 0 unspecified atom stereocenters. The highest BCUT2D eigenvalue weighted by atomic mass is 32.2. The van der Waals surface area contributed by atoms with Gasteiger partial charge < -0.3 is 10.2 Å². The second-order valence-corrected chi connectivity index (χ2v) is 6.26. The molecule has 0 spiro atoms. The first-order valence-corrected chi connectivity index (χ1v) is 7.96. The summed E-state index contributed by atoms with van der Waals surface area (Å²) in [4.78, 5) is 21.8. The topological polar surface area (TPSA) is 121 Å². The van der Waals surface area contributed by atoms with Gasteiger partial charge in [0.15, 0.2) is 0 Å². The number of rotatable bonds is 5. The Morgan fingerprint density at radius 2 is 1.87 bits per heavy atom. The number of sulfonamides is 1. The standard InChI is InChI=1S/C15H13NO6S/c17-14(18)10-5-4-6-11(9-10)16-23(21,22)13-8-3-1-2-7-12(13)15(19)20/h1-2,4-9,16H,3H2,(H,17,18)(H,19,20). The number of aromatic carboxylic acids is 1. The van der Waals surface area contributed by atoms with E-state index in [1.807, 2.05) is 0 Å². The van der Waals surface area contributed by atoms with Gasteiger partial charge in [0, 0.05) is 5.69 Å². The fourth-order valence-electron chi connectivity index (χ4n) is 1.97. The van der Waals surface area contributed by atoms with Crippen molar-refractivity contribution in [3.05, 3.63) is 64.6 Å². The molecular formula is C15H13NO6S. The van der Waals surface area contributed by atoms with Crippen LogP contribution in [0.1, 0.15) is 16.8 Å². The van der Waals surface area contributed by atoms with Crippen LogP contribution in [0, 0.1) is 0 Å². The minimum atomic E-state index is -4.17. The molecule has 0 aromatic heterocycles. The first-order valence-electron chi connectivity index (χ1n) is 6.48. The lowest BCUT2D eigenvalue weighted by Crippen LogP contribution is -2.19. The fraction of sp³-hybridized carbons (Fsp3) is 0.0667. The third kappa shape index (κ3) is 3.86. The van der Waals surface area contributed by atoms with Crippen molar-refractivity contribution in [1.29, 1.82) is 0 Å². The van der Waals surface area contributed by atoms with E-state index in [-0.39, 0.29) is 28.1 Å². The van der Waals surface area contributed by atoms with Crippen molar-refractivity contribution in [2.24, 2.45) is 0 Å². The Bertz CT molecular complexity index is 848. The van der Waals surface area contributed by atoms with Gasteiger partial charge in [-0.05, 0) is 30.7 Å². The van der Waals surface area contributed by atoms with Crippen LogP contribution in [0.25, 0.3) is 0 Å². The van der Waals surface area contributed by atoms with E-state index < -0.39 is 22.0 Å². The Morgan fingerprint density at radius 1 is 1.13 bits per heavy atom. The predicted octanol–water partition coefficient (Wildman–Crippen LogP) is 1.98. The van der Waals surface area contributed by atoms with E-state index >= 15 is 0 Å². The minimum absolute atomic E-state index is 0.0349. The SMILES string of the molecule is O=C(O)C1=CC=CCC=C1S(=O)(=O)Nc1cccc(C(=O)O)c1. The maximum absolute atomic E-state index is 12.4. The molecule has 0 fully saturated rings. The Balaban J connectivity index is 2.38. The number of hydrogen-bond acceptors (Lipinski definition) is 4. The van der Waals surface area contributed by atoms with Crippen LogP contribution in [-0.4, -0.2) is 30.6 Å². The summed E-state index contributed by atoms with van der Waals surface area (Å²) in [6.45, 7) is 0. The van der Waals surface area contributed by atoms with Crippen molar-refractivity contribution in [2.75, 3.05) is 4.72 Å². The quantitative estimate of drug-likeness (QED) is 0.756. The summed E-state index contributed by atoms with van der Waals surface area (Å²) in [7, 11) is -4.17. The average Bonchev–Trinajstić information content (AvgIpc) is 2.73. The summed E-state index contributed by atoms with van der Waals surface area (Å²) in [5.41, 5.74) is -0.413. The molecule has 1 aliphatic rings. The molecule has 23 heavy (non-hydrogen) atoms. The summed E-state index contributed by atoms with van der Waals surface area (Å²) < 4.78 is 27.1. The van der Waals surface area contributed by atoms with E-state index in [1.54, 1.807) is 6.08 Å². The van der Waals surface area contributed by atoms with Gasteiger partial charge in [0.05, 0.1) is 16.0 Å². The fourth-order valence-corrected chi connectivity index (χ4v) is 3.27. The molecular weight excluding hydrogens is 322 g/mol. The van der Waals surface area contributed by atoms with Crippen LogP contribution in [0.3, 0.4) is 0 Å². The van der Waals surface area contributed by atoms with Crippen molar-refractivity contribution in [3.63, 3.8) is 0 Å². The first kappa shape index (κ1) is 16.5. The summed E-state index contributed by atoms with van der Waals surface area (Å²) >= 11 is 0. The molecule has 1 aliphatic carbocycles. The van der Waals surface area contributed by atoms with Crippen LogP contribution in [0.5, 0.6) is 0 Å².